The van der Waals surface area contributed by atoms with Crippen LogP contribution in [-0.2, 0) is 0 Å². The SMILES string of the molecule is CCOc1ccccc1C1CCN(CCN)CC1. The second-order valence-corrected chi connectivity index (χ2v) is 4.88. The predicted molar refractivity (Wildman–Crippen MR) is 75.1 cm³/mol. The molecule has 0 atom stereocenters. The van der Waals surface area contributed by atoms with Gasteiger partial charge in [0.25, 0.3) is 0 Å². The minimum Gasteiger partial charge on any atom is -0.494 e. The van der Waals surface area contributed by atoms with Crippen molar-refractivity contribution >= 4 is 0 Å². The van der Waals surface area contributed by atoms with E-state index in [1.54, 1.807) is 0 Å². The molecule has 0 aromatic heterocycles. The number of rotatable bonds is 5. The number of hydrogen-bond donors (Lipinski definition) is 1. The number of likely N-dealkylation sites (tertiary alicyclic amines) is 1. The first-order valence-corrected chi connectivity index (χ1v) is 6.99. The van der Waals surface area contributed by atoms with E-state index in [1.807, 2.05) is 6.92 Å². The zero-order chi connectivity index (χ0) is 12.8. The number of nitrogens with two attached hydrogens (primary N) is 1. The van der Waals surface area contributed by atoms with Crippen LogP contribution in [0.4, 0.5) is 0 Å². The van der Waals surface area contributed by atoms with Crippen LogP contribution in [-0.4, -0.2) is 37.7 Å². The maximum absolute atomic E-state index is 5.73. The van der Waals surface area contributed by atoms with Crippen LogP contribution in [0.3, 0.4) is 0 Å². The average Bonchev–Trinajstić information content (AvgIpc) is 2.41. The third kappa shape index (κ3) is 3.24. The van der Waals surface area contributed by atoms with E-state index in [1.165, 1.54) is 18.4 Å². The Morgan fingerprint density at radius 1 is 1.28 bits per heavy atom. The highest BCUT2D eigenvalue weighted by Crippen LogP contribution is 2.33. The molecular formula is C15H24N2O. The van der Waals surface area contributed by atoms with Crippen molar-refractivity contribution in [2.75, 3.05) is 32.8 Å². The highest BCUT2D eigenvalue weighted by Gasteiger charge is 2.22. The van der Waals surface area contributed by atoms with E-state index in [4.69, 9.17) is 10.5 Å². The lowest BCUT2D eigenvalue weighted by atomic mass is 9.89. The summed E-state index contributed by atoms with van der Waals surface area (Å²) in [6.07, 6.45) is 2.42. The maximum atomic E-state index is 5.73. The predicted octanol–water partition coefficient (Wildman–Crippen LogP) is 2.22. The summed E-state index contributed by atoms with van der Waals surface area (Å²) in [5.74, 6) is 1.71. The molecule has 0 radical (unpaired) electrons. The van der Waals surface area contributed by atoms with Gasteiger partial charge in [-0.2, -0.15) is 0 Å². The molecule has 18 heavy (non-hydrogen) atoms. The van der Waals surface area contributed by atoms with Gasteiger partial charge in [0.2, 0.25) is 0 Å². The van der Waals surface area contributed by atoms with E-state index in [0.717, 1.165) is 38.5 Å². The van der Waals surface area contributed by atoms with Crippen molar-refractivity contribution in [3.8, 4) is 5.75 Å². The Hall–Kier alpha value is -1.06. The molecule has 2 N–H and O–H groups in total. The number of nitrogens with zero attached hydrogens (tertiary/aromatic N) is 1. The molecule has 3 heteroatoms. The highest BCUT2D eigenvalue weighted by atomic mass is 16.5. The Morgan fingerprint density at radius 2 is 2.00 bits per heavy atom. The van der Waals surface area contributed by atoms with Gasteiger partial charge in [0.05, 0.1) is 6.61 Å². The molecule has 1 fully saturated rings. The summed E-state index contributed by atoms with van der Waals surface area (Å²) >= 11 is 0. The van der Waals surface area contributed by atoms with Crippen LogP contribution in [0.25, 0.3) is 0 Å². The molecule has 0 saturated carbocycles. The molecule has 1 aliphatic heterocycles. The smallest absolute Gasteiger partial charge is 0.122 e. The number of ether oxygens (including phenoxy) is 1. The van der Waals surface area contributed by atoms with Gasteiger partial charge in [-0.1, -0.05) is 18.2 Å². The van der Waals surface area contributed by atoms with Gasteiger partial charge >= 0.3 is 0 Å². The Bertz CT molecular complexity index is 359. The van der Waals surface area contributed by atoms with Gasteiger partial charge in [0.1, 0.15) is 5.75 Å². The number of para-hydroxylation sites is 1. The van der Waals surface area contributed by atoms with E-state index in [0.29, 0.717) is 5.92 Å². The van der Waals surface area contributed by atoms with Crippen molar-refractivity contribution in [1.82, 2.24) is 4.90 Å². The van der Waals surface area contributed by atoms with E-state index >= 15 is 0 Å². The first-order chi connectivity index (χ1) is 8.85. The minimum atomic E-state index is 0.641. The van der Waals surface area contributed by atoms with Crippen molar-refractivity contribution in [2.24, 2.45) is 5.73 Å². The van der Waals surface area contributed by atoms with Gasteiger partial charge in [-0.3, -0.25) is 0 Å². The summed E-state index contributed by atoms with van der Waals surface area (Å²) in [7, 11) is 0. The minimum absolute atomic E-state index is 0.641. The van der Waals surface area contributed by atoms with Gasteiger partial charge in [-0.15, -0.1) is 0 Å². The largest absolute Gasteiger partial charge is 0.494 e. The second kappa shape index (κ2) is 6.76. The second-order valence-electron chi connectivity index (χ2n) is 4.88. The van der Waals surface area contributed by atoms with Gasteiger partial charge < -0.3 is 15.4 Å². The Balaban J connectivity index is 2.00. The average molecular weight is 248 g/mol. The third-order valence-electron chi connectivity index (χ3n) is 3.69. The Labute approximate surface area is 110 Å². The van der Waals surface area contributed by atoms with Crippen LogP contribution < -0.4 is 10.5 Å². The summed E-state index contributed by atoms with van der Waals surface area (Å²) in [4.78, 5) is 2.46. The summed E-state index contributed by atoms with van der Waals surface area (Å²) in [5, 5.41) is 0. The third-order valence-corrected chi connectivity index (χ3v) is 3.69. The Kier molecular flexibility index (Phi) is 5.02. The van der Waals surface area contributed by atoms with E-state index in [9.17, 15) is 0 Å². The van der Waals surface area contributed by atoms with Gasteiger partial charge in [0.15, 0.2) is 0 Å². The summed E-state index contributed by atoms with van der Waals surface area (Å²) < 4.78 is 5.73. The van der Waals surface area contributed by atoms with E-state index in [-0.39, 0.29) is 0 Å². The van der Waals surface area contributed by atoms with Crippen LogP contribution in [0.2, 0.25) is 0 Å². The monoisotopic (exact) mass is 248 g/mol. The van der Waals surface area contributed by atoms with Crippen molar-refractivity contribution in [3.63, 3.8) is 0 Å². The molecule has 1 aromatic rings. The van der Waals surface area contributed by atoms with Crippen LogP contribution >= 0.6 is 0 Å². The topological polar surface area (TPSA) is 38.5 Å². The standard InChI is InChI=1S/C15H24N2O/c1-2-18-15-6-4-3-5-14(15)13-7-10-17(11-8-13)12-9-16/h3-6,13H,2,7-12,16H2,1H3. The molecular weight excluding hydrogens is 224 g/mol. The maximum Gasteiger partial charge on any atom is 0.122 e. The van der Waals surface area contributed by atoms with Gasteiger partial charge in [-0.05, 0) is 50.4 Å². The van der Waals surface area contributed by atoms with Crippen molar-refractivity contribution in [2.45, 2.75) is 25.7 Å². The first kappa shape index (κ1) is 13.4. The van der Waals surface area contributed by atoms with E-state index < -0.39 is 0 Å². The molecule has 100 valence electrons. The fourth-order valence-corrected chi connectivity index (χ4v) is 2.75. The summed E-state index contributed by atoms with van der Waals surface area (Å²) in [5.41, 5.74) is 6.99. The normalized spacial score (nSPS) is 17.9. The molecule has 3 nitrogen and oxygen atoms in total. The molecule has 0 amide bonds. The fourth-order valence-electron chi connectivity index (χ4n) is 2.75. The summed E-state index contributed by atoms with van der Waals surface area (Å²) in [6.45, 7) is 6.88. The highest BCUT2D eigenvalue weighted by molar-refractivity contribution is 5.36. The molecule has 0 unspecified atom stereocenters. The van der Waals surface area contributed by atoms with Crippen LogP contribution in [0.1, 0.15) is 31.2 Å². The lowest BCUT2D eigenvalue weighted by molar-refractivity contribution is 0.215. The number of piperidine rings is 1. The molecule has 0 bridgehead atoms. The molecule has 1 aromatic carbocycles. The van der Waals surface area contributed by atoms with E-state index in [2.05, 4.69) is 29.2 Å². The number of benzene rings is 1. The molecule has 0 spiro atoms. The zero-order valence-electron chi connectivity index (χ0n) is 11.3. The molecule has 2 rings (SSSR count). The lowest BCUT2D eigenvalue weighted by Gasteiger charge is -2.32. The van der Waals surface area contributed by atoms with Gasteiger partial charge in [-0.25, -0.2) is 0 Å². The first-order valence-electron chi connectivity index (χ1n) is 6.99. The molecule has 0 aliphatic carbocycles. The molecule has 1 heterocycles. The Morgan fingerprint density at radius 3 is 2.67 bits per heavy atom. The van der Waals surface area contributed by atoms with Crippen LogP contribution in [0, 0.1) is 0 Å². The molecule has 1 aliphatic rings. The van der Waals surface area contributed by atoms with Crippen molar-refractivity contribution in [1.29, 1.82) is 0 Å². The molecule has 1 saturated heterocycles. The summed E-state index contributed by atoms with van der Waals surface area (Å²) in [6, 6.07) is 8.47. The quantitative estimate of drug-likeness (QED) is 0.868. The lowest BCUT2D eigenvalue weighted by Crippen LogP contribution is -2.36. The number of hydrogen-bond acceptors (Lipinski definition) is 3. The zero-order valence-corrected chi connectivity index (χ0v) is 11.3. The van der Waals surface area contributed by atoms with Crippen molar-refractivity contribution in [3.05, 3.63) is 29.8 Å². The fraction of sp³-hybridized carbons (Fsp3) is 0.600. The van der Waals surface area contributed by atoms with Crippen molar-refractivity contribution < 1.29 is 4.74 Å². The van der Waals surface area contributed by atoms with Gasteiger partial charge in [0, 0.05) is 13.1 Å². The van der Waals surface area contributed by atoms with Crippen LogP contribution in [0.15, 0.2) is 24.3 Å². The van der Waals surface area contributed by atoms with Crippen LogP contribution in [0.5, 0.6) is 5.75 Å².